The van der Waals surface area contributed by atoms with Crippen LogP contribution in [0.5, 0.6) is 5.75 Å². The normalized spacial score (nSPS) is 11.4. The molecule has 146 valence electrons. The van der Waals surface area contributed by atoms with Gasteiger partial charge in [-0.05, 0) is 59.7 Å². The average Bonchev–Trinajstić information content (AvgIpc) is 2.70. The third-order valence-corrected chi connectivity index (χ3v) is 5.84. The second-order valence-corrected chi connectivity index (χ2v) is 8.61. The van der Waals surface area contributed by atoms with Crippen molar-refractivity contribution in [1.82, 2.24) is 5.32 Å². The molecule has 0 bridgehead atoms. The first-order valence-electron chi connectivity index (χ1n) is 9.08. The van der Waals surface area contributed by atoms with Crippen molar-refractivity contribution in [2.75, 3.05) is 19.7 Å². The number of hydrogen-bond acceptors (Lipinski definition) is 2. The molecular formula is C23H22BrCl2NO. The van der Waals surface area contributed by atoms with E-state index in [9.17, 15) is 0 Å². The van der Waals surface area contributed by atoms with E-state index in [1.807, 2.05) is 48.5 Å². The predicted octanol–water partition coefficient (Wildman–Crippen LogP) is 6.73. The van der Waals surface area contributed by atoms with Gasteiger partial charge in [0.15, 0.2) is 0 Å². The second-order valence-electron chi connectivity index (χ2n) is 6.83. The maximum atomic E-state index is 6.09. The van der Waals surface area contributed by atoms with Crippen molar-refractivity contribution in [3.8, 4) is 5.75 Å². The van der Waals surface area contributed by atoms with Gasteiger partial charge in [-0.15, -0.1) is 0 Å². The summed E-state index contributed by atoms with van der Waals surface area (Å²) in [6.45, 7) is 4.33. The van der Waals surface area contributed by atoms with Gasteiger partial charge in [-0.25, -0.2) is 0 Å². The van der Waals surface area contributed by atoms with Crippen LogP contribution in [0, 0.1) is 0 Å². The van der Waals surface area contributed by atoms with Gasteiger partial charge >= 0.3 is 0 Å². The molecule has 2 nitrogen and oxygen atoms in total. The maximum absolute atomic E-state index is 6.09. The molecule has 0 aliphatic rings. The Morgan fingerprint density at radius 3 is 1.82 bits per heavy atom. The summed E-state index contributed by atoms with van der Waals surface area (Å²) >= 11 is 15.6. The van der Waals surface area contributed by atoms with Crippen LogP contribution in [-0.2, 0) is 5.41 Å². The SMILES string of the molecule is CC(CNCCOc1ccc(Br)cc1)(c1ccc(Cl)cc1)c1ccc(Cl)cc1. The monoisotopic (exact) mass is 477 g/mol. The zero-order valence-electron chi connectivity index (χ0n) is 15.6. The van der Waals surface area contributed by atoms with Crippen LogP contribution in [0.15, 0.2) is 77.3 Å². The van der Waals surface area contributed by atoms with Crippen LogP contribution in [-0.4, -0.2) is 19.7 Å². The Balaban J connectivity index is 1.66. The minimum absolute atomic E-state index is 0.215. The van der Waals surface area contributed by atoms with Gasteiger partial charge in [-0.2, -0.15) is 0 Å². The van der Waals surface area contributed by atoms with Gasteiger partial charge < -0.3 is 10.1 Å². The average molecular weight is 479 g/mol. The molecule has 0 fully saturated rings. The smallest absolute Gasteiger partial charge is 0.119 e. The summed E-state index contributed by atoms with van der Waals surface area (Å²) in [5, 5.41) is 5.00. The second kappa shape index (κ2) is 9.80. The minimum atomic E-state index is -0.215. The molecule has 0 heterocycles. The zero-order chi connectivity index (χ0) is 20.0. The van der Waals surface area contributed by atoms with Gasteiger partial charge in [-0.3, -0.25) is 0 Å². The van der Waals surface area contributed by atoms with Crippen molar-refractivity contribution < 1.29 is 4.74 Å². The highest BCUT2D eigenvalue weighted by molar-refractivity contribution is 9.10. The highest BCUT2D eigenvalue weighted by Gasteiger charge is 2.28. The first-order valence-corrected chi connectivity index (χ1v) is 10.6. The summed E-state index contributed by atoms with van der Waals surface area (Å²) in [7, 11) is 0. The van der Waals surface area contributed by atoms with E-state index in [4.69, 9.17) is 27.9 Å². The van der Waals surface area contributed by atoms with Crippen LogP contribution < -0.4 is 10.1 Å². The molecule has 5 heteroatoms. The molecule has 3 aromatic rings. The molecule has 0 saturated heterocycles. The lowest BCUT2D eigenvalue weighted by Gasteiger charge is -2.31. The third kappa shape index (κ3) is 5.51. The first kappa shape index (κ1) is 21.2. The van der Waals surface area contributed by atoms with E-state index in [0.717, 1.165) is 33.4 Å². The van der Waals surface area contributed by atoms with Gasteiger partial charge in [0.2, 0.25) is 0 Å². The zero-order valence-corrected chi connectivity index (χ0v) is 18.7. The Kier molecular flexibility index (Phi) is 7.42. The first-order chi connectivity index (χ1) is 13.5. The number of nitrogens with one attached hydrogen (secondary N) is 1. The lowest BCUT2D eigenvalue weighted by atomic mass is 9.76. The van der Waals surface area contributed by atoms with E-state index >= 15 is 0 Å². The predicted molar refractivity (Wildman–Crippen MR) is 122 cm³/mol. The molecular weight excluding hydrogens is 457 g/mol. The molecule has 0 amide bonds. The molecule has 0 radical (unpaired) electrons. The number of halogens is 3. The molecule has 3 aromatic carbocycles. The van der Waals surface area contributed by atoms with Crippen LogP contribution >= 0.6 is 39.1 Å². The van der Waals surface area contributed by atoms with Crippen molar-refractivity contribution >= 4 is 39.1 Å². The summed E-state index contributed by atoms with van der Waals surface area (Å²) < 4.78 is 6.84. The van der Waals surface area contributed by atoms with Crippen LogP contribution in [0.1, 0.15) is 18.1 Å². The van der Waals surface area contributed by atoms with Gasteiger partial charge in [0.1, 0.15) is 12.4 Å². The van der Waals surface area contributed by atoms with Gasteiger partial charge in [0, 0.05) is 33.0 Å². The Morgan fingerprint density at radius 1 is 0.821 bits per heavy atom. The number of benzene rings is 3. The number of ether oxygens (including phenoxy) is 1. The molecule has 3 rings (SSSR count). The van der Waals surface area contributed by atoms with Gasteiger partial charge in [-0.1, -0.05) is 70.3 Å². The summed E-state index contributed by atoms with van der Waals surface area (Å²) in [4.78, 5) is 0. The highest BCUT2D eigenvalue weighted by Crippen LogP contribution is 2.33. The molecule has 0 spiro atoms. The van der Waals surface area contributed by atoms with E-state index in [0.29, 0.717) is 6.61 Å². The standard InChI is InChI=1S/C23H22BrCl2NO/c1-23(17-2-8-20(25)9-3-17,18-4-10-21(26)11-5-18)16-27-14-15-28-22-12-6-19(24)7-13-22/h2-13,27H,14-16H2,1H3. The molecule has 1 N–H and O–H groups in total. The summed E-state index contributed by atoms with van der Waals surface area (Å²) in [6.07, 6.45) is 0. The van der Waals surface area contributed by atoms with Gasteiger partial charge in [0.25, 0.3) is 0 Å². The summed E-state index contributed by atoms with van der Waals surface area (Å²) in [6, 6.07) is 23.9. The largest absolute Gasteiger partial charge is 0.492 e. The molecule has 0 unspecified atom stereocenters. The van der Waals surface area contributed by atoms with Crippen LogP contribution in [0.3, 0.4) is 0 Å². The number of rotatable bonds is 8. The van der Waals surface area contributed by atoms with Crippen molar-refractivity contribution in [1.29, 1.82) is 0 Å². The minimum Gasteiger partial charge on any atom is -0.492 e. The third-order valence-electron chi connectivity index (χ3n) is 4.80. The Hall–Kier alpha value is -1.52. The lowest BCUT2D eigenvalue weighted by molar-refractivity contribution is 0.309. The van der Waals surface area contributed by atoms with E-state index < -0.39 is 0 Å². The fourth-order valence-electron chi connectivity index (χ4n) is 3.12. The summed E-state index contributed by atoms with van der Waals surface area (Å²) in [5.74, 6) is 0.864. The quantitative estimate of drug-likeness (QED) is 0.362. The van der Waals surface area contributed by atoms with E-state index in [2.05, 4.69) is 52.4 Å². The summed E-state index contributed by atoms with van der Waals surface area (Å²) in [5.41, 5.74) is 2.17. The van der Waals surface area contributed by atoms with Gasteiger partial charge in [0.05, 0.1) is 0 Å². The van der Waals surface area contributed by atoms with E-state index in [1.165, 1.54) is 11.1 Å². The molecule has 0 aliphatic carbocycles. The molecule has 0 aliphatic heterocycles. The van der Waals surface area contributed by atoms with E-state index in [-0.39, 0.29) is 5.41 Å². The Labute approximate surface area is 185 Å². The van der Waals surface area contributed by atoms with Crippen molar-refractivity contribution in [3.05, 3.63) is 98.4 Å². The van der Waals surface area contributed by atoms with E-state index in [1.54, 1.807) is 0 Å². The van der Waals surface area contributed by atoms with Crippen molar-refractivity contribution in [2.45, 2.75) is 12.3 Å². The fraction of sp³-hybridized carbons (Fsp3) is 0.217. The Bertz CT molecular complexity index is 834. The lowest BCUT2D eigenvalue weighted by Crippen LogP contribution is -2.38. The van der Waals surface area contributed by atoms with Crippen LogP contribution in [0.2, 0.25) is 10.0 Å². The van der Waals surface area contributed by atoms with Crippen molar-refractivity contribution in [2.24, 2.45) is 0 Å². The molecule has 28 heavy (non-hydrogen) atoms. The molecule has 0 aromatic heterocycles. The fourth-order valence-corrected chi connectivity index (χ4v) is 3.63. The topological polar surface area (TPSA) is 21.3 Å². The number of hydrogen-bond donors (Lipinski definition) is 1. The molecule has 0 atom stereocenters. The van der Waals surface area contributed by atoms with Crippen LogP contribution in [0.4, 0.5) is 0 Å². The maximum Gasteiger partial charge on any atom is 0.119 e. The highest BCUT2D eigenvalue weighted by atomic mass is 79.9. The Morgan fingerprint density at radius 2 is 1.32 bits per heavy atom. The van der Waals surface area contributed by atoms with Crippen LogP contribution in [0.25, 0.3) is 0 Å². The molecule has 0 saturated carbocycles. The van der Waals surface area contributed by atoms with Crippen molar-refractivity contribution in [3.63, 3.8) is 0 Å².